The zero-order chi connectivity index (χ0) is 14.7. The summed E-state index contributed by atoms with van der Waals surface area (Å²) < 4.78 is 4.98. The molecule has 1 unspecified atom stereocenters. The van der Waals surface area contributed by atoms with Crippen LogP contribution in [0.5, 0.6) is 0 Å². The van der Waals surface area contributed by atoms with Crippen LogP contribution in [0.3, 0.4) is 0 Å². The van der Waals surface area contributed by atoms with Crippen LogP contribution in [0.2, 0.25) is 0 Å². The molecule has 1 fully saturated rings. The zero-order valence-corrected chi connectivity index (χ0v) is 12.5. The first kappa shape index (κ1) is 14.7. The van der Waals surface area contributed by atoms with E-state index in [4.69, 9.17) is 12.2 Å². The Balaban J connectivity index is 2.25. The predicted octanol–water partition coefficient (Wildman–Crippen LogP) is 1.84. The number of methoxy groups -OCH3 is 1. The molecule has 1 aliphatic heterocycles. The van der Waals surface area contributed by atoms with Crippen LogP contribution >= 0.6 is 24.0 Å². The van der Waals surface area contributed by atoms with E-state index >= 15 is 0 Å². The van der Waals surface area contributed by atoms with Crippen molar-refractivity contribution in [2.75, 3.05) is 7.11 Å². The van der Waals surface area contributed by atoms with Gasteiger partial charge in [0.05, 0.1) is 17.7 Å². The first-order valence-corrected chi connectivity index (χ1v) is 7.03. The highest BCUT2D eigenvalue weighted by atomic mass is 32.2. The molecule has 1 aromatic heterocycles. The second-order valence-corrected chi connectivity index (χ2v) is 5.68. The molecule has 0 N–H and O–H groups in total. The van der Waals surface area contributed by atoms with Crippen molar-refractivity contribution < 1.29 is 14.3 Å². The first-order valence-electron chi connectivity index (χ1n) is 5.80. The number of carbonyl (C=O) groups excluding carboxylic acids is 2. The second kappa shape index (κ2) is 6.15. The van der Waals surface area contributed by atoms with Gasteiger partial charge in [0.1, 0.15) is 10.4 Å². The number of thioether (sulfide) groups is 1. The molecule has 0 aromatic carbocycles. The van der Waals surface area contributed by atoms with Crippen molar-refractivity contribution in [1.29, 1.82) is 0 Å². The number of esters is 1. The maximum absolute atomic E-state index is 12.3. The predicted molar refractivity (Wildman–Crippen MR) is 80.7 cm³/mol. The van der Waals surface area contributed by atoms with Gasteiger partial charge in [0.2, 0.25) is 0 Å². The van der Waals surface area contributed by atoms with Gasteiger partial charge in [0, 0.05) is 6.20 Å². The molecule has 0 spiro atoms. The quantitative estimate of drug-likeness (QED) is 0.482. The van der Waals surface area contributed by atoms with Gasteiger partial charge in [0.25, 0.3) is 5.91 Å². The molecule has 5 nitrogen and oxygen atoms in total. The highest BCUT2D eigenvalue weighted by molar-refractivity contribution is 8.26. The van der Waals surface area contributed by atoms with E-state index in [0.717, 1.165) is 11.8 Å². The highest BCUT2D eigenvalue weighted by Gasteiger charge is 2.38. The molecule has 0 radical (unpaired) electrons. The number of hydrogen-bond donors (Lipinski definition) is 0. The maximum Gasteiger partial charge on any atom is 0.328 e. The largest absolute Gasteiger partial charge is 0.467 e. The number of amides is 1. The molecule has 1 amide bonds. The third-order valence-corrected chi connectivity index (χ3v) is 4.05. The summed E-state index contributed by atoms with van der Waals surface area (Å²) in [7, 11) is 1.28. The summed E-state index contributed by atoms with van der Waals surface area (Å²) in [6.07, 6.45) is 3.30. The monoisotopic (exact) mass is 308 g/mol. The van der Waals surface area contributed by atoms with Gasteiger partial charge in [-0.2, -0.15) is 0 Å². The fraction of sp³-hybridized carbons (Fsp3) is 0.231. The Kier molecular flexibility index (Phi) is 4.51. The van der Waals surface area contributed by atoms with Crippen LogP contribution in [-0.2, 0) is 14.3 Å². The summed E-state index contributed by atoms with van der Waals surface area (Å²) in [5.74, 6) is -0.802. The average molecular weight is 308 g/mol. The SMILES string of the molecule is COC(=O)C(C)N1C(=O)/C(=C/c2ccccn2)SC1=S. The minimum absolute atomic E-state index is 0.302. The molecular formula is C13H12N2O3S2. The van der Waals surface area contributed by atoms with Crippen LogP contribution in [0.25, 0.3) is 6.08 Å². The Morgan fingerprint density at radius 1 is 1.55 bits per heavy atom. The van der Waals surface area contributed by atoms with Crippen LogP contribution in [0.4, 0.5) is 0 Å². The lowest BCUT2D eigenvalue weighted by Crippen LogP contribution is -2.42. The Morgan fingerprint density at radius 2 is 2.30 bits per heavy atom. The molecule has 1 aliphatic rings. The van der Waals surface area contributed by atoms with Gasteiger partial charge in [-0.3, -0.25) is 14.7 Å². The van der Waals surface area contributed by atoms with Crippen LogP contribution in [-0.4, -0.2) is 39.2 Å². The molecule has 2 heterocycles. The Bertz CT molecular complexity index is 587. The van der Waals surface area contributed by atoms with E-state index in [2.05, 4.69) is 9.72 Å². The lowest BCUT2D eigenvalue weighted by atomic mass is 10.2. The van der Waals surface area contributed by atoms with Crippen LogP contribution in [0, 0.1) is 0 Å². The number of nitrogens with zero attached hydrogens (tertiary/aromatic N) is 2. The fourth-order valence-corrected chi connectivity index (χ4v) is 3.09. The van der Waals surface area contributed by atoms with Crippen molar-refractivity contribution >= 4 is 46.3 Å². The Labute approximate surface area is 126 Å². The molecular weight excluding hydrogens is 296 g/mol. The van der Waals surface area contributed by atoms with Gasteiger partial charge < -0.3 is 4.74 Å². The van der Waals surface area contributed by atoms with E-state index in [9.17, 15) is 9.59 Å². The van der Waals surface area contributed by atoms with E-state index in [0.29, 0.717) is 14.9 Å². The number of hydrogen-bond acceptors (Lipinski definition) is 6. The molecule has 7 heteroatoms. The van der Waals surface area contributed by atoms with E-state index in [1.165, 1.54) is 12.0 Å². The van der Waals surface area contributed by atoms with Crippen molar-refractivity contribution in [2.24, 2.45) is 0 Å². The zero-order valence-electron chi connectivity index (χ0n) is 10.9. The van der Waals surface area contributed by atoms with Gasteiger partial charge in [0.15, 0.2) is 0 Å². The molecule has 0 saturated carbocycles. The average Bonchev–Trinajstić information content (AvgIpc) is 2.73. The summed E-state index contributed by atoms with van der Waals surface area (Å²) in [5, 5.41) is 0. The van der Waals surface area contributed by atoms with Crippen molar-refractivity contribution in [1.82, 2.24) is 9.88 Å². The van der Waals surface area contributed by atoms with Crippen molar-refractivity contribution in [3.8, 4) is 0 Å². The van der Waals surface area contributed by atoms with Gasteiger partial charge in [-0.05, 0) is 25.1 Å². The molecule has 104 valence electrons. The number of aromatic nitrogens is 1. The molecule has 20 heavy (non-hydrogen) atoms. The topological polar surface area (TPSA) is 59.5 Å². The third-order valence-electron chi connectivity index (χ3n) is 2.72. The van der Waals surface area contributed by atoms with E-state index in [1.807, 2.05) is 6.07 Å². The molecule has 2 rings (SSSR count). The number of thiocarbonyl (C=S) groups is 1. The van der Waals surface area contributed by atoms with Crippen molar-refractivity contribution in [3.63, 3.8) is 0 Å². The van der Waals surface area contributed by atoms with Crippen LogP contribution in [0.15, 0.2) is 29.3 Å². The standard InChI is InChI=1S/C13H12N2O3S2/c1-8(12(17)18-2)15-11(16)10(20-13(15)19)7-9-5-3-4-6-14-9/h3-8H,1-2H3/b10-7-. The normalized spacial score (nSPS) is 18.5. The van der Waals surface area contributed by atoms with Crippen LogP contribution in [0.1, 0.15) is 12.6 Å². The first-order chi connectivity index (χ1) is 9.54. The van der Waals surface area contributed by atoms with Crippen molar-refractivity contribution in [2.45, 2.75) is 13.0 Å². The lowest BCUT2D eigenvalue weighted by Gasteiger charge is -2.20. The number of ether oxygens (including phenoxy) is 1. The lowest BCUT2D eigenvalue weighted by molar-refractivity contribution is -0.147. The smallest absolute Gasteiger partial charge is 0.328 e. The fourth-order valence-electron chi connectivity index (χ4n) is 1.69. The van der Waals surface area contributed by atoms with Gasteiger partial charge in [-0.25, -0.2) is 4.79 Å². The van der Waals surface area contributed by atoms with Crippen molar-refractivity contribution in [3.05, 3.63) is 35.0 Å². The summed E-state index contributed by atoms with van der Waals surface area (Å²) in [6.45, 7) is 1.58. The minimum Gasteiger partial charge on any atom is -0.467 e. The summed E-state index contributed by atoms with van der Waals surface area (Å²) in [6, 6.07) is 4.68. The van der Waals surface area contributed by atoms with Gasteiger partial charge in [-0.15, -0.1) is 0 Å². The number of rotatable bonds is 3. The molecule has 1 saturated heterocycles. The molecule has 1 aromatic rings. The van der Waals surface area contributed by atoms with Gasteiger partial charge >= 0.3 is 5.97 Å². The minimum atomic E-state index is -0.734. The van der Waals surface area contributed by atoms with E-state index < -0.39 is 12.0 Å². The van der Waals surface area contributed by atoms with E-state index in [-0.39, 0.29) is 5.91 Å². The number of pyridine rings is 1. The Morgan fingerprint density at radius 3 is 2.90 bits per heavy atom. The summed E-state index contributed by atoms with van der Waals surface area (Å²) in [5.41, 5.74) is 0.665. The molecule has 0 aliphatic carbocycles. The van der Waals surface area contributed by atoms with Gasteiger partial charge in [-0.1, -0.05) is 30.0 Å². The summed E-state index contributed by atoms with van der Waals surface area (Å²) in [4.78, 5) is 29.7. The third kappa shape index (κ3) is 2.88. The Hall–Kier alpha value is -1.73. The maximum atomic E-state index is 12.3. The number of carbonyl (C=O) groups is 2. The molecule has 1 atom stereocenters. The highest BCUT2D eigenvalue weighted by Crippen LogP contribution is 2.33. The second-order valence-electron chi connectivity index (χ2n) is 4.01. The van der Waals surface area contributed by atoms with Crippen LogP contribution < -0.4 is 0 Å². The van der Waals surface area contributed by atoms with E-state index in [1.54, 1.807) is 31.3 Å². The molecule has 0 bridgehead atoms. The summed E-state index contributed by atoms with van der Waals surface area (Å²) >= 11 is 6.31.